The van der Waals surface area contributed by atoms with Crippen LogP contribution in [0.5, 0.6) is 0 Å². The molecule has 0 aromatic heterocycles. The van der Waals surface area contributed by atoms with E-state index in [9.17, 15) is 28.9 Å². The van der Waals surface area contributed by atoms with Crippen molar-refractivity contribution in [3.8, 4) is 0 Å². The lowest BCUT2D eigenvalue weighted by atomic mass is 10.1. The summed E-state index contributed by atoms with van der Waals surface area (Å²) in [5.41, 5.74) is 0. The Morgan fingerprint density at radius 3 is 1.12 bits per heavy atom. The summed E-state index contributed by atoms with van der Waals surface area (Å²) in [6, 6.07) is 0. The molecule has 2 N–H and O–H groups in total. The van der Waals surface area contributed by atoms with Crippen molar-refractivity contribution < 1.29 is 52.2 Å². The molecule has 0 aliphatic rings. The van der Waals surface area contributed by atoms with E-state index in [-0.39, 0.29) is 25.9 Å². The van der Waals surface area contributed by atoms with Gasteiger partial charge in [-0.05, 0) is 109 Å². The van der Waals surface area contributed by atoms with Gasteiger partial charge in [0, 0.05) is 19.3 Å². The predicted octanol–water partition coefficient (Wildman–Crippen LogP) is 17.7. The molecule has 0 radical (unpaired) electrons. The van der Waals surface area contributed by atoms with Crippen LogP contribution in [0.2, 0.25) is 0 Å². The summed E-state index contributed by atoms with van der Waals surface area (Å²) < 4.78 is 39.5. The zero-order valence-electron chi connectivity index (χ0n) is 47.3. The Morgan fingerprint density at radius 1 is 0.392 bits per heavy atom. The van der Waals surface area contributed by atoms with Gasteiger partial charge < -0.3 is 24.2 Å². The maximum absolute atomic E-state index is 12.9. The molecule has 3 unspecified atom stereocenters. The Balaban J connectivity index is 4.77. The van der Waals surface area contributed by atoms with Crippen molar-refractivity contribution in [2.45, 2.75) is 277 Å². The highest BCUT2D eigenvalue weighted by Gasteiger charge is 2.28. The van der Waals surface area contributed by atoms with E-state index < -0.39 is 57.8 Å². The van der Waals surface area contributed by atoms with Crippen LogP contribution >= 0.6 is 7.82 Å². The van der Waals surface area contributed by atoms with Gasteiger partial charge in [-0.3, -0.25) is 23.4 Å². The average Bonchev–Trinajstić information content (AvgIpc) is 3.39. The lowest BCUT2D eigenvalue weighted by Gasteiger charge is -2.21. The normalized spacial score (nSPS) is 13.9. The van der Waals surface area contributed by atoms with Crippen LogP contribution < -0.4 is 0 Å². The van der Waals surface area contributed by atoms with Crippen LogP contribution in [0.3, 0.4) is 0 Å². The number of hydrogen-bond donors (Lipinski definition) is 2. The molecule has 0 spiro atoms. The van der Waals surface area contributed by atoms with Crippen molar-refractivity contribution in [1.82, 2.24) is 0 Å². The quantitative estimate of drug-likeness (QED) is 0.0197. The lowest BCUT2D eigenvalue weighted by molar-refractivity contribution is -0.161. The molecule has 0 saturated heterocycles. The number of allylic oxidation sites excluding steroid dienone is 12. The van der Waals surface area contributed by atoms with E-state index in [1.54, 1.807) is 0 Å². The second-order valence-electron chi connectivity index (χ2n) is 19.8. The predicted molar refractivity (Wildman–Crippen MR) is 307 cm³/mol. The van der Waals surface area contributed by atoms with Crippen molar-refractivity contribution in [1.29, 1.82) is 0 Å². The highest BCUT2D eigenvalue weighted by atomic mass is 31.2. The lowest BCUT2D eigenvalue weighted by Crippen LogP contribution is -2.30. The average molecular weight is 1060 g/mol. The Labute approximate surface area is 452 Å². The van der Waals surface area contributed by atoms with E-state index in [4.69, 9.17) is 23.3 Å². The van der Waals surface area contributed by atoms with Gasteiger partial charge in [-0.15, -0.1) is 0 Å². The maximum atomic E-state index is 12.9. The topological polar surface area (TPSA) is 155 Å². The molecule has 0 aliphatic carbocycles. The summed E-state index contributed by atoms with van der Waals surface area (Å²) in [6.07, 6.45) is 62.9. The van der Waals surface area contributed by atoms with Gasteiger partial charge in [0.15, 0.2) is 6.10 Å². The van der Waals surface area contributed by atoms with Crippen LogP contribution in [0.1, 0.15) is 265 Å². The molecule has 0 aromatic rings. The fourth-order valence-corrected chi connectivity index (χ4v) is 8.83. The summed E-state index contributed by atoms with van der Waals surface area (Å²) in [5.74, 6) is -1.52. The molecule has 0 rings (SSSR count). The summed E-state index contributed by atoms with van der Waals surface area (Å²) >= 11 is 0. The van der Waals surface area contributed by atoms with Crippen molar-refractivity contribution in [3.63, 3.8) is 0 Å². The molecule has 0 bridgehead atoms. The molecule has 74 heavy (non-hydrogen) atoms. The molecule has 0 saturated carbocycles. The molecular weight excluding hydrogens is 952 g/mol. The standard InChI is InChI=1S/C62H109O11P/c1-4-7-10-13-16-19-22-25-28-29-32-35-38-41-44-47-50-53-62(66)73-59(55-69-60(64)51-48-45-42-39-36-33-30-26-23-20-17-14-11-8-5-2)57-71-74(67,68)70-56-58(54-63)72-61(65)52-49-46-43-40-37-34-31-27-24-21-18-15-12-9-6-3/h9,12,18,21,25-28,30-31,37,40,58-59,63H,4-8,10-11,13-17,19-20,22-24,29,32-36,38-39,41-57H2,1-3H3,(H,67,68)/b12-9-,21-18-,28-25-,30-26-,31-27-,40-37-. The molecule has 0 amide bonds. The molecule has 12 heteroatoms. The Morgan fingerprint density at radius 2 is 0.703 bits per heavy atom. The largest absolute Gasteiger partial charge is 0.472 e. The number of unbranched alkanes of at least 4 members (excludes halogenated alkanes) is 26. The smallest absolute Gasteiger partial charge is 0.462 e. The van der Waals surface area contributed by atoms with Crippen LogP contribution in [0.15, 0.2) is 72.9 Å². The Kier molecular flexibility index (Phi) is 53.8. The summed E-state index contributed by atoms with van der Waals surface area (Å²) in [6.45, 7) is 4.48. The van der Waals surface area contributed by atoms with E-state index in [1.807, 2.05) is 0 Å². The van der Waals surface area contributed by atoms with Crippen LogP contribution in [0.4, 0.5) is 0 Å². The first-order valence-corrected chi connectivity index (χ1v) is 31.3. The number of phosphoric ester groups is 1. The zero-order chi connectivity index (χ0) is 54.1. The first kappa shape index (κ1) is 70.9. The first-order chi connectivity index (χ1) is 36.2. The van der Waals surface area contributed by atoms with Crippen LogP contribution in [0.25, 0.3) is 0 Å². The monoisotopic (exact) mass is 1060 g/mol. The highest BCUT2D eigenvalue weighted by Crippen LogP contribution is 2.43. The maximum Gasteiger partial charge on any atom is 0.472 e. The number of aliphatic hydroxyl groups excluding tert-OH is 1. The van der Waals surface area contributed by atoms with E-state index in [1.165, 1.54) is 96.3 Å². The zero-order valence-corrected chi connectivity index (χ0v) is 48.2. The second kappa shape index (κ2) is 56.1. The fraction of sp³-hybridized carbons (Fsp3) is 0.758. The van der Waals surface area contributed by atoms with E-state index in [0.717, 1.165) is 109 Å². The number of carbonyl (C=O) groups excluding carboxylic acids is 3. The molecular formula is C62H109O11P. The molecule has 0 aromatic carbocycles. The summed E-state index contributed by atoms with van der Waals surface area (Å²) in [4.78, 5) is 48.6. The molecule has 11 nitrogen and oxygen atoms in total. The van der Waals surface area contributed by atoms with E-state index in [2.05, 4.69) is 93.7 Å². The third kappa shape index (κ3) is 53.7. The number of aliphatic hydroxyl groups is 1. The number of ether oxygens (including phenoxy) is 3. The van der Waals surface area contributed by atoms with Crippen molar-refractivity contribution in [3.05, 3.63) is 72.9 Å². The van der Waals surface area contributed by atoms with Crippen LogP contribution in [-0.4, -0.2) is 66.5 Å². The van der Waals surface area contributed by atoms with Crippen molar-refractivity contribution in [2.75, 3.05) is 26.4 Å². The number of rotatable bonds is 55. The Hall–Kier alpha value is -3.08. The molecule has 0 heterocycles. The van der Waals surface area contributed by atoms with Gasteiger partial charge in [0.1, 0.15) is 12.7 Å². The van der Waals surface area contributed by atoms with E-state index in [0.29, 0.717) is 19.3 Å². The van der Waals surface area contributed by atoms with Crippen molar-refractivity contribution in [2.24, 2.45) is 0 Å². The van der Waals surface area contributed by atoms with Gasteiger partial charge in [0.2, 0.25) is 0 Å². The number of phosphoric acid groups is 1. The van der Waals surface area contributed by atoms with Crippen LogP contribution in [-0.2, 0) is 42.2 Å². The third-order valence-corrected chi connectivity index (χ3v) is 13.5. The summed E-state index contributed by atoms with van der Waals surface area (Å²) in [5, 5.41) is 9.81. The summed E-state index contributed by atoms with van der Waals surface area (Å²) in [7, 11) is -4.76. The fourth-order valence-electron chi connectivity index (χ4n) is 8.04. The van der Waals surface area contributed by atoms with Crippen LogP contribution in [0, 0.1) is 0 Å². The third-order valence-electron chi connectivity index (χ3n) is 12.6. The molecule has 0 fully saturated rings. The SMILES string of the molecule is CC/C=C\C/C=C\C/C=C\C/C=C\CCCCC(=O)OC(CO)COP(=O)(O)OCC(COC(=O)CCCCCCC/C=C\CCCCCCCC)OC(=O)CCCCCCCCC/C=C\CCCCCCCC. The molecule has 3 atom stereocenters. The Bertz CT molecular complexity index is 1520. The van der Waals surface area contributed by atoms with Gasteiger partial charge >= 0.3 is 25.7 Å². The molecule has 428 valence electrons. The second-order valence-corrected chi connectivity index (χ2v) is 21.2. The minimum absolute atomic E-state index is 0.123. The number of hydrogen-bond acceptors (Lipinski definition) is 10. The minimum Gasteiger partial charge on any atom is -0.462 e. The van der Waals surface area contributed by atoms with Gasteiger partial charge in [-0.2, -0.15) is 0 Å². The van der Waals surface area contributed by atoms with Gasteiger partial charge in [0.25, 0.3) is 0 Å². The number of esters is 3. The van der Waals surface area contributed by atoms with Gasteiger partial charge in [-0.25, -0.2) is 4.57 Å². The highest BCUT2D eigenvalue weighted by molar-refractivity contribution is 7.47. The minimum atomic E-state index is -4.76. The van der Waals surface area contributed by atoms with Crippen molar-refractivity contribution >= 4 is 25.7 Å². The van der Waals surface area contributed by atoms with Gasteiger partial charge in [0.05, 0.1) is 19.8 Å². The number of carbonyl (C=O) groups is 3. The molecule has 0 aliphatic heterocycles. The first-order valence-electron chi connectivity index (χ1n) is 29.8. The van der Waals surface area contributed by atoms with Gasteiger partial charge in [-0.1, -0.05) is 209 Å². The van der Waals surface area contributed by atoms with E-state index >= 15 is 0 Å².